The lowest BCUT2D eigenvalue weighted by atomic mass is 10.2. The largest absolute Gasteiger partial charge is 0.449 e. The molecule has 0 bridgehead atoms. The van der Waals surface area contributed by atoms with Gasteiger partial charge in [0.2, 0.25) is 11.7 Å². The third-order valence-corrected chi connectivity index (χ3v) is 6.18. The zero-order valence-corrected chi connectivity index (χ0v) is 17.6. The van der Waals surface area contributed by atoms with Crippen molar-refractivity contribution in [1.29, 1.82) is 0 Å². The molecule has 1 saturated heterocycles. The second-order valence-corrected chi connectivity index (χ2v) is 8.27. The first-order chi connectivity index (χ1) is 15.3. The van der Waals surface area contributed by atoms with Crippen molar-refractivity contribution < 1.29 is 23.1 Å². The van der Waals surface area contributed by atoms with E-state index in [9.17, 15) is 22.8 Å². The highest BCUT2D eigenvalue weighted by Crippen LogP contribution is 2.34. The van der Waals surface area contributed by atoms with E-state index in [1.54, 1.807) is 4.90 Å². The van der Waals surface area contributed by atoms with Crippen molar-refractivity contribution in [2.45, 2.75) is 38.1 Å². The molecule has 1 amide bonds. The molecule has 1 unspecified atom stereocenters. The van der Waals surface area contributed by atoms with Crippen LogP contribution in [0, 0.1) is 0 Å². The van der Waals surface area contributed by atoms with Crippen LogP contribution < -0.4 is 15.8 Å². The monoisotopic (exact) mass is 467 g/mol. The molecule has 0 aliphatic carbocycles. The summed E-state index contributed by atoms with van der Waals surface area (Å²) in [5, 5.41) is 12.2. The normalized spacial score (nSPS) is 16.6. The molecule has 3 heterocycles. The zero-order chi connectivity index (χ0) is 22.9. The van der Waals surface area contributed by atoms with Crippen LogP contribution in [0.2, 0.25) is 0 Å². The maximum atomic E-state index is 13.4. The van der Waals surface area contributed by atoms with E-state index in [4.69, 9.17) is 5.11 Å². The summed E-state index contributed by atoms with van der Waals surface area (Å²) in [5.74, 6) is -1.59. The number of aliphatic hydroxyl groups is 1. The number of fused-ring (bicyclic) bond motifs is 1. The van der Waals surface area contributed by atoms with E-state index >= 15 is 0 Å². The standard InChI is InChI=1S/C20H20F3N5O3S/c21-20(22,23)18-26-16-14(17(31)28(18)9-10-29)25-19(32-16)27-8-4-7-13(27)15(30)24-11-12-5-2-1-3-6-12/h1-3,5-6,13,29H,4,7-11H2,(H,24,30). The lowest BCUT2D eigenvalue weighted by Gasteiger charge is -2.23. The van der Waals surface area contributed by atoms with Crippen molar-refractivity contribution in [2.75, 3.05) is 18.1 Å². The topological polar surface area (TPSA) is 100 Å². The molecule has 12 heteroatoms. The van der Waals surface area contributed by atoms with Crippen LogP contribution in [-0.2, 0) is 24.1 Å². The molecule has 170 valence electrons. The number of nitrogens with one attached hydrogen (secondary N) is 1. The van der Waals surface area contributed by atoms with Gasteiger partial charge >= 0.3 is 6.18 Å². The van der Waals surface area contributed by atoms with Crippen LogP contribution in [0.5, 0.6) is 0 Å². The summed E-state index contributed by atoms with van der Waals surface area (Å²) in [6.07, 6.45) is -3.60. The summed E-state index contributed by atoms with van der Waals surface area (Å²) in [5.41, 5.74) is -0.233. The number of carbonyl (C=O) groups is 1. The van der Waals surface area contributed by atoms with Crippen molar-refractivity contribution in [3.8, 4) is 0 Å². The highest BCUT2D eigenvalue weighted by atomic mass is 32.1. The number of thiazole rings is 1. The molecule has 1 aliphatic rings. The SMILES string of the molecule is O=C(NCc1ccccc1)C1CCCN1c1nc2c(=O)n(CCO)c(C(F)(F)F)nc2s1. The fourth-order valence-corrected chi connectivity index (χ4v) is 4.72. The lowest BCUT2D eigenvalue weighted by molar-refractivity contribution is -0.148. The van der Waals surface area contributed by atoms with Gasteiger partial charge in [-0.1, -0.05) is 41.7 Å². The lowest BCUT2D eigenvalue weighted by Crippen LogP contribution is -2.43. The van der Waals surface area contributed by atoms with Gasteiger partial charge in [-0.15, -0.1) is 0 Å². The number of benzene rings is 1. The van der Waals surface area contributed by atoms with E-state index < -0.39 is 36.8 Å². The second-order valence-electron chi connectivity index (χ2n) is 7.32. The Morgan fingerprint density at radius 1 is 1.25 bits per heavy atom. The third-order valence-electron chi connectivity index (χ3n) is 5.20. The molecule has 2 N–H and O–H groups in total. The van der Waals surface area contributed by atoms with Gasteiger partial charge in [0.05, 0.1) is 13.2 Å². The van der Waals surface area contributed by atoms with Crippen molar-refractivity contribution >= 4 is 32.7 Å². The van der Waals surface area contributed by atoms with Gasteiger partial charge in [-0.3, -0.25) is 14.2 Å². The molecule has 0 saturated carbocycles. The summed E-state index contributed by atoms with van der Waals surface area (Å²) < 4.78 is 40.6. The molecule has 0 spiro atoms. The molecule has 4 rings (SSSR count). The van der Waals surface area contributed by atoms with Crippen LogP contribution in [0.1, 0.15) is 24.2 Å². The van der Waals surface area contributed by atoms with Crippen LogP contribution in [0.3, 0.4) is 0 Å². The zero-order valence-electron chi connectivity index (χ0n) is 16.8. The van der Waals surface area contributed by atoms with Crippen LogP contribution in [0.25, 0.3) is 10.3 Å². The van der Waals surface area contributed by atoms with Crippen LogP contribution in [-0.4, -0.2) is 44.7 Å². The Labute approximate surface area is 184 Å². The fraction of sp³-hybridized carbons (Fsp3) is 0.400. The van der Waals surface area contributed by atoms with Crippen molar-refractivity contribution in [2.24, 2.45) is 0 Å². The molecule has 1 aliphatic heterocycles. The smallest absolute Gasteiger partial charge is 0.395 e. The molecule has 32 heavy (non-hydrogen) atoms. The predicted octanol–water partition coefficient (Wildman–Crippen LogP) is 2.15. The number of hydrogen-bond donors (Lipinski definition) is 2. The second kappa shape index (κ2) is 8.87. The number of aromatic nitrogens is 3. The van der Waals surface area contributed by atoms with Crippen molar-refractivity contribution in [3.05, 3.63) is 52.1 Å². The Hall–Kier alpha value is -2.99. The first-order valence-corrected chi connectivity index (χ1v) is 10.8. The van der Waals surface area contributed by atoms with Gasteiger partial charge in [-0.25, -0.2) is 9.97 Å². The molecular weight excluding hydrogens is 447 g/mol. The average molecular weight is 467 g/mol. The summed E-state index contributed by atoms with van der Waals surface area (Å²) >= 11 is 0.849. The number of aliphatic hydroxyl groups excluding tert-OH is 1. The van der Waals surface area contributed by atoms with E-state index in [-0.39, 0.29) is 21.4 Å². The van der Waals surface area contributed by atoms with E-state index in [0.29, 0.717) is 30.5 Å². The summed E-state index contributed by atoms with van der Waals surface area (Å²) in [6, 6.07) is 8.86. The molecule has 1 fully saturated rings. The number of nitrogens with zero attached hydrogens (tertiary/aromatic N) is 4. The van der Waals surface area contributed by atoms with E-state index in [1.807, 2.05) is 30.3 Å². The van der Waals surface area contributed by atoms with Crippen molar-refractivity contribution in [3.63, 3.8) is 0 Å². The quantitative estimate of drug-likeness (QED) is 0.576. The molecule has 8 nitrogen and oxygen atoms in total. The van der Waals surface area contributed by atoms with Gasteiger partial charge in [0.1, 0.15) is 6.04 Å². The molecular formula is C20H20F3N5O3S. The number of alkyl halides is 3. The summed E-state index contributed by atoms with van der Waals surface area (Å²) in [7, 11) is 0. The minimum absolute atomic E-state index is 0.151. The minimum Gasteiger partial charge on any atom is -0.395 e. The van der Waals surface area contributed by atoms with Crippen LogP contribution in [0.15, 0.2) is 35.1 Å². The van der Waals surface area contributed by atoms with Gasteiger partial charge < -0.3 is 15.3 Å². The molecule has 1 aromatic carbocycles. The number of hydrogen-bond acceptors (Lipinski definition) is 7. The van der Waals surface area contributed by atoms with Crippen LogP contribution in [0.4, 0.5) is 18.3 Å². The Balaban J connectivity index is 1.63. The summed E-state index contributed by atoms with van der Waals surface area (Å²) in [6.45, 7) is -0.354. The molecule has 1 atom stereocenters. The Bertz CT molecular complexity index is 1180. The van der Waals surface area contributed by atoms with Gasteiger partial charge in [-0.2, -0.15) is 13.2 Å². The van der Waals surface area contributed by atoms with Gasteiger partial charge in [0, 0.05) is 13.1 Å². The fourth-order valence-electron chi connectivity index (χ4n) is 3.71. The van der Waals surface area contributed by atoms with E-state index in [0.717, 1.165) is 16.9 Å². The highest BCUT2D eigenvalue weighted by molar-refractivity contribution is 7.21. The number of amides is 1. The van der Waals surface area contributed by atoms with E-state index in [2.05, 4.69) is 15.3 Å². The van der Waals surface area contributed by atoms with Gasteiger partial charge in [0.15, 0.2) is 15.5 Å². The van der Waals surface area contributed by atoms with Crippen molar-refractivity contribution in [1.82, 2.24) is 19.9 Å². The average Bonchev–Trinajstić information content (AvgIpc) is 3.41. The first kappa shape index (κ1) is 22.2. The minimum atomic E-state index is -4.86. The summed E-state index contributed by atoms with van der Waals surface area (Å²) in [4.78, 5) is 34.8. The van der Waals surface area contributed by atoms with E-state index in [1.165, 1.54) is 0 Å². The highest BCUT2D eigenvalue weighted by Gasteiger charge is 2.38. The first-order valence-electron chi connectivity index (χ1n) is 9.97. The molecule has 2 aromatic heterocycles. The number of rotatable bonds is 6. The predicted molar refractivity (Wildman–Crippen MR) is 112 cm³/mol. The maximum Gasteiger partial charge on any atom is 0.449 e. The van der Waals surface area contributed by atoms with Crippen LogP contribution >= 0.6 is 11.3 Å². The molecule has 3 aromatic rings. The molecule has 0 radical (unpaired) electrons. The number of carbonyl (C=O) groups excluding carboxylic acids is 1. The number of anilines is 1. The third kappa shape index (κ3) is 4.32. The number of halogens is 3. The Morgan fingerprint density at radius 2 is 2.00 bits per heavy atom. The van der Waals surface area contributed by atoms with Gasteiger partial charge in [0.25, 0.3) is 5.56 Å². The maximum absolute atomic E-state index is 13.4. The Kier molecular flexibility index (Phi) is 6.15. The van der Waals surface area contributed by atoms with Gasteiger partial charge in [-0.05, 0) is 18.4 Å². The Morgan fingerprint density at radius 3 is 2.69 bits per heavy atom.